The summed E-state index contributed by atoms with van der Waals surface area (Å²) in [5, 5.41) is 11.3. The van der Waals surface area contributed by atoms with E-state index in [4.69, 9.17) is 4.74 Å². The lowest BCUT2D eigenvalue weighted by Gasteiger charge is -2.35. The van der Waals surface area contributed by atoms with E-state index in [1.165, 1.54) is 6.07 Å². The molecule has 1 aliphatic rings. The van der Waals surface area contributed by atoms with Crippen LogP contribution in [0.5, 0.6) is 5.75 Å². The number of nitro benzene ring substituents is 1. The van der Waals surface area contributed by atoms with Crippen LogP contribution in [0, 0.1) is 10.1 Å². The Morgan fingerprint density at radius 1 is 0.818 bits per heavy atom. The summed E-state index contributed by atoms with van der Waals surface area (Å²) in [6, 6.07) is 22.4. The number of carbonyl (C=O) groups excluding carboxylic acids is 2. The molecule has 1 aliphatic heterocycles. The Bertz CT molecular complexity index is 1140. The first-order valence-electron chi connectivity index (χ1n) is 10.6. The number of ketones is 1. The van der Waals surface area contributed by atoms with Crippen LogP contribution in [0.15, 0.2) is 78.9 Å². The van der Waals surface area contributed by atoms with Crippen molar-refractivity contribution in [1.82, 2.24) is 4.90 Å². The molecule has 0 atom stereocenters. The van der Waals surface area contributed by atoms with E-state index >= 15 is 0 Å². The Hall–Kier alpha value is -4.20. The molecular formula is C25H23N3O5. The third kappa shape index (κ3) is 5.17. The minimum absolute atomic E-state index is 0.0646. The van der Waals surface area contributed by atoms with Crippen molar-refractivity contribution in [3.63, 3.8) is 0 Å². The molecule has 4 rings (SSSR count). The van der Waals surface area contributed by atoms with E-state index in [0.717, 1.165) is 0 Å². The second kappa shape index (κ2) is 9.95. The highest BCUT2D eigenvalue weighted by Crippen LogP contribution is 2.28. The monoisotopic (exact) mass is 445 g/mol. The predicted molar refractivity (Wildman–Crippen MR) is 124 cm³/mol. The zero-order valence-corrected chi connectivity index (χ0v) is 17.9. The standard InChI is InChI=1S/C25H23N3O5/c29-24(27-16-14-26(15-17-27)22-8-4-5-9-23(22)28(31)32)18-33-21-12-10-20(11-13-21)25(30)19-6-2-1-3-7-19/h1-13H,14-18H2. The van der Waals surface area contributed by atoms with Gasteiger partial charge < -0.3 is 14.5 Å². The number of amides is 1. The normalized spacial score (nSPS) is 13.5. The molecule has 33 heavy (non-hydrogen) atoms. The van der Waals surface area contributed by atoms with Gasteiger partial charge in [-0.25, -0.2) is 0 Å². The number of anilines is 1. The molecule has 3 aromatic carbocycles. The van der Waals surface area contributed by atoms with E-state index in [-0.39, 0.29) is 28.9 Å². The number of rotatable bonds is 7. The SMILES string of the molecule is O=C(c1ccccc1)c1ccc(OCC(=O)N2CCN(c3ccccc3[N+](=O)[O-])CC2)cc1. The quantitative estimate of drug-likeness (QED) is 0.314. The second-order valence-electron chi connectivity index (χ2n) is 7.62. The summed E-state index contributed by atoms with van der Waals surface area (Å²) in [5.41, 5.74) is 1.79. The number of benzene rings is 3. The highest BCUT2D eigenvalue weighted by atomic mass is 16.6. The number of carbonyl (C=O) groups is 2. The Morgan fingerprint density at radius 2 is 1.42 bits per heavy atom. The van der Waals surface area contributed by atoms with Gasteiger partial charge in [0.25, 0.3) is 11.6 Å². The van der Waals surface area contributed by atoms with Crippen LogP contribution in [0.1, 0.15) is 15.9 Å². The van der Waals surface area contributed by atoms with Gasteiger partial charge in [-0.15, -0.1) is 0 Å². The maximum Gasteiger partial charge on any atom is 0.292 e. The van der Waals surface area contributed by atoms with Crippen LogP contribution < -0.4 is 9.64 Å². The number of hydrogen-bond acceptors (Lipinski definition) is 6. The molecule has 3 aromatic rings. The molecular weight excluding hydrogens is 422 g/mol. The maximum atomic E-state index is 12.6. The van der Waals surface area contributed by atoms with E-state index in [2.05, 4.69) is 0 Å². The summed E-state index contributed by atoms with van der Waals surface area (Å²) >= 11 is 0. The lowest BCUT2D eigenvalue weighted by molar-refractivity contribution is -0.384. The summed E-state index contributed by atoms with van der Waals surface area (Å²) in [7, 11) is 0. The maximum absolute atomic E-state index is 12.6. The van der Waals surface area contributed by atoms with E-state index in [1.807, 2.05) is 23.1 Å². The second-order valence-corrected chi connectivity index (χ2v) is 7.62. The van der Waals surface area contributed by atoms with Gasteiger partial charge in [0.05, 0.1) is 4.92 Å². The van der Waals surface area contributed by atoms with Gasteiger partial charge in [0.15, 0.2) is 12.4 Å². The zero-order chi connectivity index (χ0) is 23.2. The Kier molecular flexibility index (Phi) is 6.64. The molecule has 0 unspecified atom stereocenters. The summed E-state index contributed by atoms with van der Waals surface area (Å²) in [6.45, 7) is 1.81. The average Bonchev–Trinajstić information content (AvgIpc) is 2.87. The van der Waals surface area contributed by atoms with Crippen molar-refractivity contribution in [1.29, 1.82) is 0 Å². The van der Waals surface area contributed by atoms with Crippen molar-refractivity contribution in [3.8, 4) is 5.75 Å². The fourth-order valence-electron chi connectivity index (χ4n) is 3.78. The van der Waals surface area contributed by atoms with Crippen molar-refractivity contribution in [2.45, 2.75) is 0 Å². The Morgan fingerprint density at radius 3 is 2.09 bits per heavy atom. The molecule has 0 aliphatic carbocycles. The topological polar surface area (TPSA) is 93.0 Å². The van der Waals surface area contributed by atoms with Crippen molar-refractivity contribution in [2.24, 2.45) is 0 Å². The van der Waals surface area contributed by atoms with Crippen LogP contribution in [0.4, 0.5) is 11.4 Å². The van der Waals surface area contributed by atoms with E-state index in [9.17, 15) is 19.7 Å². The fourth-order valence-corrected chi connectivity index (χ4v) is 3.78. The van der Waals surface area contributed by atoms with Crippen LogP contribution in [0.3, 0.4) is 0 Å². The molecule has 0 N–H and O–H groups in total. The van der Waals surface area contributed by atoms with Crippen molar-refractivity contribution in [2.75, 3.05) is 37.7 Å². The molecule has 1 heterocycles. The molecule has 1 fully saturated rings. The van der Waals surface area contributed by atoms with E-state index in [1.54, 1.807) is 59.5 Å². The first kappa shape index (κ1) is 22.0. The minimum atomic E-state index is -0.389. The van der Waals surface area contributed by atoms with Gasteiger partial charge in [0.1, 0.15) is 11.4 Å². The van der Waals surface area contributed by atoms with Gasteiger partial charge in [-0.3, -0.25) is 19.7 Å². The van der Waals surface area contributed by atoms with Crippen LogP contribution in [0.25, 0.3) is 0 Å². The van der Waals surface area contributed by atoms with Gasteiger partial charge in [0, 0.05) is 43.4 Å². The molecule has 8 nitrogen and oxygen atoms in total. The number of piperazine rings is 1. The molecule has 0 spiro atoms. The number of nitrogens with zero attached hydrogens (tertiary/aromatic N) is 3. The highest BCUT2D eigenvalue weighted by molar-refractivity contribution is 6.09. The molecule has 8 heteroatoms. The molecule has 0 radical (unpaired) electrons. The number of para-hydroxylation sites is 2. The lowest BCUT2D eigenvalue weighted by Crippen LogP contribution is -2.50. The smallest absolute Gasteiger partial charge is 0.292 e. The molecule has 0 bridgehead atoms. The number of nitro groups is 1. The van der Waals surface area contributed by atoms with Gasteiger partial charge in [-0.1, -0.05) is 42.5 Å². The first-order chi connectivity index (χ1) is 16.0. The lowest BCUT2D eigenvalue weighted by atomic mass is 10.0. The molecule has 1 amide bonds. The molecule has 0 saturated carbocycles. The van der Waals surface area contributed by atoms with Crippen LogP contribution >= 0.6 is 0 Å². The van der Waals surface area contributed by atoms with Gasteiger partial charge in [-0.05, 0) is 30.3 Å². The molecule has 0 aromatic heterocycles. The molecule has 168 valence electrons. The third-order valence-electron chi connectivity index (χ3n) is 5.57. The van der Waals surface area contributed by atoms with E-state index in [0.29, 0.717) is 48.7 Å². The summed E-state index contributed by atoms with van der Waals surface area (Å²) in [5.74, 6) is 0.280. The van der Waals surface area contributed by atoms with Crippen LogP contribution in [-0.2, 0) is 4.79 Å². The van der Waals surface area contributed by atoms with Gasteiger partial charge >= 0.3 is 0 Å². The van der Waals surface area contributed by atoms with Gasteiger partial charge in [-0.2, -0.15) is 0 Å². The third-order valence-corrected chi connectivity index (χ3v) is 5.57. The van der Waals surface area contributed by atoms with Crippen molar-refractivity contribution in [3.05, 3.63) is 100 Å². The van der Waals surface area contributed by atoms with Gasteiger partial charge in [0.2, 0.25) is 0 Å². The fraction of sp³-hybridized carbons (Fsp3) is 0.200. The first-order valence-corrected chi connectivity index (χ1v) is 10.6. The highest BCUT2D eigenvalue weighted by Gasteiger charge is 2.25. The van der Waals surface area contributed by atoms with Crippen molar-refractivity contribution >= 4 is 23.1 Å². The van der Waals surface area contributed by atoms with E-state index < -0.39 is 0 Å². The summed E-state index contributed by atoms with van der Waals surface area (Å²) in [4.78, 5) is 39.5. The zero-order valence-electron chi connectivity index (χ0n) is 17.9. The predicted octanol–water partition coefficient (Wildman–Crippen LogP) is 3.55. The Labute approximate surface area is 191 Å². The van der Waals surface area contributed by atoms with Crippen LogP contribution in [0.2, 0.25) is 0 Å². The minimum Gasteiger partial charge on any atom is -0.484 e. The average molecular weight is 445 g/mol. The molecule has 1 saturated heterocycles. The number of hydrogen-bond donors (Lipinski definition) is 0. The van der Waals surface area contributed by atoms with Crippen LogP contribution in [-0.4, -0.2) is 54.3 Å². The Balaban J connectivity index is 1.29. The summed E-state index contributed by atoms with van der Waals surface area (Å²) in [6.07, 6.45) is 0. The number of ether oxygens (including phenoxy) is 1. The summed E-state index contributed by atoms with van der Waals surface area (Å²) < 4.78 is 5.62. The van der Waals surface area contributed by atoms with Crippen molar-refractivity contribution < 1.29 is 19.2 Å². The largest absolute Gasteiger partial charge is 0.484 e.